The standard InChI is InChI=1S/C26H26N2O5S/c1-31-20-10-6-4-8-18(20)27-25(29)16-28-19-9-5-7-11-23(19)34-24(15-26(28)30)17-12-13-21(32-2)22(14-17)33-3/h4-14,24H,15-16H2,1-3H3,(H,27,29)/t24-/m1/s1. The van der Waals surface area contributed by atoms with Crippen LogP contribution in [0.2, 0.25) is 0 Å². The number of fused-ring (bicyclic) bond motifs is 1. The summed E-state index contributed by atoms with van der Waals surface area (Å²) in [5.41, 5.74) is 2.23. The van der Waals surface area contributed by atoms with E-state index in [1.54, 1.807) is 50.1 Å². The zero-order valence-corrected chi connectivity index (χ0v) is 20.1. The number of amides is 2. The molecule has 34 heavy (non-hydrogen) atoms. The second-order valence-corrected chi connectivity index (χ2v) is 8.87. The van der Waals surface area contributed by atoms with Gasteiger partial charge in [0.25, 0.3) is 0 Å². The van der Waals surface area contributed by atoms with Crippen molar-refractivity contribution in [2.45, 2.75) is 16.6 Å². The van der Waals surface area contributed by atoms with E-state index in [-0.39, 0.29) is 30.0 Å². The highest BCUT2D eigenvalue weighted by molar-refractivity contribution is 7.99. The van der Waals surface area contributed by atoms with E-state index in [0.717, 1.165) is 16.1 Å². The summed E-state index contributed by atoms with van der Waals surface area (Å²) in [5.74, 6) is 1.36. The van der Waals surface area contributed by atoms with Crippen molar-refractivity contribution < 1.29 is 23.8 Å². The number of nitrogens with one attached hydrogen (secondary N) is 1. The van der Waals surface area contributed by atoms with Gasteiger partial charge < -0.3 is 24.4 Å². The summed E-state index contributed by atoms with van der Waals surface area (Å²) in [7, 11) is 4.72. The highest BCUT2D eigenvalue weighted by atomic mass is 32.2. The molecule has 1 N–H and O–H groups in total. The summed E-state index contributed by atoms with van der Waals surface area (Å²) < 4.78 is 16.1. The van der Waals surface area contributed by atoms with Crippen LogP contribution in [0.3, 0.4) is 0 Å². The van der Waals surface area contributed by atoms with Gasteiger partial charge in [0.1, 0.15) is 12.3 Å². The van der Waals surface area contributed by atoms with Crippen LogP contribution in [-0.2, 0) is 9.59 Å². The lowest BCUT2D eigenvalue weighted by Gasteiger charge is -2.22. The summed E-state index contributed by atoms with van der Waals surface area (Å²) in [6.07, 6.45) is 0.233. The van der Waals surface area contributed by atoms with E-state index in [1.165, 1.54) is 0 Å². The summed E-state index contributed by atoms with van der Waals surface area (Å²) in [6.45, 7) is -0.104. The number of nitrogens with zero attached hydrogens (tertiary/aromatic N) is 1. The van der Waals surface area contributed by atoms with E-state index < -0.39 is 0 Å². The fourth-order valence-electron chi connectivity index (χ4n) is 3.87. The van der Waals surface area contributed by atoms with E-state index in [4.69, 9.17) is 14.2 Å². The molecule has 3 aromatic rings. The molecule has 0 bridgehead atoms. The van der Waals surface area contributed by atoms with Gasteiger partial charge in [0, 0.05) is 16.6 Å². The Morgan fingerprint density at radius 3 is 2.41 bits per heavy atom. The van der Waals surface area contributed by atoms with Crippen molar-refractivity contribution >= 4 is 35.0 Å². The predicted molar refractivity (Wildman–Crippen MR) is 133 cm³/mol. The molecular weight excluding hydrogens is 452 g/mol. The fourth-order valence-corrected chi connectivity index (χ4v) is 5.14. The molecule has 0 radical (unpaired) electrons. The lowest BCUT2D eigenvalue weighted by molar-refractivity contribution is -0.121. The number of benzene rings is 3. The van der Waals surface area contributed by atoms with Gasteiger partial charge in [-0.1, -0.05) is 30.3 Å². The fraction of sp³-hybridized carbons (Fsp3) is 0.231. The molecule has 3 aromatic carbocycles. The molecule has 7 nitrogen and oxygen atoms in total. The molecule has 0 aliphatic carbocycles. The molecule has 1 aliphatic rings. The van der Waals surface area contributed by atoms with Crippen molar-refractivity contribution in [3.63, 3.8) is 0 Å². The van der Waals surface area contributed by atoms with E-state index in [2.05, 4.69) is 5.32 Å². The van der Waals surface area contributed by atoms with Crippen molar-refractivity contribution in [3.8, 4) is 17.2 Å². The second-order valence-electron chi connectivity index (χ2n) is 7.62. The van der Waals surface area contributed by atoms with Gasteiger partial charge in [-0.25, -0.2) is 0 Å². The number of ether oxygens (including phenoxy) is 3. The van der Waals surface area contributed by atoms with Crippen LogP contribution >= 0.6 is 11.8 Å². The molecule has 4 rings (SSSR count). The van der Waals surface area contributed by atoms with Crippen molar-refractivity contribution in [1.82, 2.24) is 0 Å². The number of hydrogen-bond acceptors (Lipinski definition) is 6. The Hall–Kier alpha value is -3.65. The molecule has 1 heterocycles. The summed E-state index contributed by atoms with van der Waals surface area (Å²) in [6, 6.07) is 20.5. The van der Waals surface area contributed by atoms with Gasteiger partial charge >= 0.3 is 0 Å². The Morgan fingerprint density at radius 2 is 1.65 bits per heavy atom. The smallest absolute Gasteiger partial charge is 0.244 e. The van der Waals surface area contributed by atoms with Crippen molar-refractivity contribution in [3.05, 3.63) is 72.3 Å². The number of anilines is 2. The zero-order valence-electron chi connectivity index (χ0n) is 19.2. The Labute approximate surface area is 203 Å². The minimum atomic E-state index is -0.304. The average molecular weight is 479 g/mol. The van der Waals surface area contributed by atoms with E-state index >= 15 is 0 Å². The van der Waals surface area contributed by atoms with Gasteiger partial charge in [-0.05, 0) is 42.0 Å². The summed E-state index contributed by atoms with van der Waals surface area (Å²) in [4.78, 5) is 28.8. The first-order valence-corrected chi connectivity index (χ1v) is 11.6. The van der Waals surface area contributed by atoms with E-state index in [0.29, 0.717) is 22.9 Å². The number of rotatable bonds is 7. The molecule has 176 valence electrons. The van der Waals surface area contributed by atoms with Crippen molar-refractivity contribution in [1.29, 1.82) is 0 Å². The van der Waals surface area contributed by atoms with Crippen LogP contribution in [0.5, 0.6) is 17.2 Å². The molecule has 0 unspecified atom stereocenters. The molecule has 1 aliphatic heterocycles. The number of para-hydroxylation sites is 3. The number of carbonyl (C=O) groups is 2. The molecule has 0 spiro atoms. The highest BCUT2D eigenvalue weighted by Crippen LogP contribution is 2.46. The van der Waals surface area contributed by atoms with Crippen LogP contribution in [0.1, 0.15) is 17.2 Å². The first-order chi connectivity index (χ1) is 16.5. The van der Waals surface area contributed by atoms with Crippen LogP contribution in [0.4, 0.5) is 11.4 Å². The monoisotopic (exact) mass is 478 g/mol. The zero-order chi connectivity index (χ0) is 24.1. The first kappa shape index (κ1) is 23.5. The van der Waals surface area contributed by atoms with Gasteiger partial charge in [-0.15, -0.1) is 11.8 Å². The summed E-state index contributed by atoms with van der Waals surface area (Å²) in [5, 5.41) is 2.71. The van der Waals surface area contributed by atoms with E-state index in [9.17, 15) is 9.59 Å². The Balaban J connectivity index is 1.60. The van der Waals surface area contributed by atoms with Crippen LogP contribution in [0.25, 0.3) is 0 Å². The lowest BCUT2D eigenvalue weighted by Crippen LogP contribution is -2.38. The largest absolute Gasteiger partial charge is 0.495 e. The molecule has 1 atom stereocenters. The first-order valence-electron chi connectivity index (χ1n) is 10.7. The number of hydrogen-bond donors (Lipinski definition) is 1. The van der Waals surface area contributed by atoms with Gasteiger partial charge in [0.05, 0.1) is 32.7 Å². The molecular formula is C26H26N2O5S. The Morgan fingerprint density at radius 1 is 0.941 bits per heavy atom. The van der Waals surface area contributed by atoms with E-state index in [1.807, 2.05) is 54.6 Å². The minimum absolute atomic E-state index is 0.104. The second kappa shape index (κ2) is 10.5. The maximum atomic E-state index is 13.4. The minimum Gasteiger partial charge on any atom is -0.495 e. The molecule has 0 fully saturated rings. The maximum absolute atomic E-state index is 13.4. The van der Waals surface area contributed by atoms with Gasteiger partial charge in [0.15, 0.2) is 11.5 Å². The molecule has 8 heteroatoms. The predicted octanol–water partition coefficient (Wildman–Crippen LogP) is 4.92. The molecule has 2 amide bonds. The topological polar surface area (TPSA) is 77.1 Å². The van der Waals surface area contributed by atoms with Gasteiger partial charge in [-0.2, -0.15) is 0 Å². The van der Waals surface area contributed by atoms with Crippen LogP contribution in [-0.4, -0.2) is 39.7 Å². The number of methoxy groups -OCH3 is 3. The quantitative estimate of drug-likeness (QED) is 0.519. The van der Waals surface area contributed by atoms with Crippen molar-refractivity contribution in [2.24, 2.45) is 0 Å². The number of carbonyl (C=O) groups excluding carboxylic acids is 2. The lowest BCUT2D eigenvalue weighted by atomic mass is 10.1. The van der Waals surface area contributed by atoms with Gasteiger partial charge in [0.2, 0.25) is 11.8 Å². The third-order valence-electron chi connectivity index (χ3n) is 5.55. The third-order valence-corrected chi connectivity index (χ3v) is 6.87. The highest BCUT2D eigenvalue weighted by Gasteiger charge is 2.31. The SMILES string of the molecule is COc1ccccc1NC(=O)CN1C(=O)C[C@H](c2ccc(OC)c(OC)c2)Sc2ccccc21. The van der Waals surface area contributed by atoms with Crippen LogP contribution in [0.15, 0.2) is 71.6 Å². The maximum Gasteiger partial charge on any atom is 0.244 e. The Bertz CT molecular complexity index is 1200. The Kier molecular flexibility index (Phi) is 7.27. The third kappa shape index (κ3) is 4.97. The van der Waals surface area contributed by atoms with Crippen LogP contribution < -0.4 is 24.4 Å². The summed E-state index contributed by atoms with van der Waals surface area (Å²) >= 11 is 1.60. The molecule has 0 saturated carbocycles. The molecule has 0 aromatic heterocycles. The number of thioether (sulfide) groups is 1. The molecule has 0 saturated heterocycles. The van der Waals surface area contributed by atoms with Crippen molar-refractivity contribution in [2.75, 3.05) is 38.1 Å². The normalized spacial score (nSPS) is 15.2. The average Bonchev–Trinajstić information content (AvgIpc) is 3.00. The van der Waals surface area contributed by atoms with Crippen LogP contribution in [0, 0.1) is 0 Å². The van der Waals surface area contributed by atoms with Gasteiger partial charge in [-0.3, -0.25) is 9.59 Å².